The van der Waals surface area contributed by atoms with E-state index in [1.807, 2.05) is 0 Å². The summed E-state index contributed by atoms with van der Waals surface area (Å²) >= 11 is 0.784. The first-order chi connectivity index (χ1) is 8.34. The van der Waals surface area contributed by atoms with E-state index in [2.05, 4.69) is 9.71 Å². The van der Waals surface area contributed by atoms with Crippen LogP contribution in [-0.2, 0) is 14.8 Å². The van der Waals surface area contributed by atoms with Gasteiger partial charge in [0.1, 0.15) is 0 Å². The maximum atomic E-state index is 12.1. The number of rotatable bonds is 4. The van der Waals surface area contributed by atoms with Gasteiger partial charge in [0.05, 0.1) is 17.7 Å². The van der Waals surface area contributed by atoms with Crippen molar-refractivity contribution in [2.45, 2.75) is 23.1 Å². The highest BCUT2D eigenvalue weighted by Gasteiger charge is 2.37. The van der Waals surface area contributed by atoms with Crippen LogP contribution in [0.1, 0.15) is 23.8 Å². The van der Waals surface area contributed by atoms with Gasteiger partial charge in [-0.3, -0.25) is 0 Å². The SMILES string of the molecule is CC1(NS(=O)(=O)c2scnc2C(=O)O)CCOC1. The summed E-state index contributed by atoms with van der Waals surface area (Å²) in [6.45, 7) is 2.47. The van der Waals surface area contributed by atoms with Gasteiger partial charge in [0.2, 0.25) is 0 Å². The van der Waals surface area contributed by atoms with Crippen LogP contribution in [0.5, 0.6) is 0 Å². The van der Waals surface area contributed by atoms with Crippen LogP contribution < -0.4 is 4.72 Å². The summed E-state index contributed by atoms with van der Waals surface area (Å²) in [5, 5.41) is 8.87. The fraction of sp³-hybridized carbons (Fsp3) is 0.556. The van der Waals surface area contributed by atoms with Crippen molar-refractivity contribution in [2.75, 3.05) is 13.2 Å². The van der Waals surface area contributed by atoms with E-state index in [4.69, 9.17) is 9.84 Å². The summed E-state index contributed by atoms with van der Waals surface area (Å²) in [5.41, 5.74) is 0.0550. The highest BCUT2D eigenvalue weighted by molar-refractivity contribution is 7.91. The fourth-order valence-electron chi connectivity index (χ4n) is 1.69. The number of carboxylic acids is 1. The topological polar surface area (TPSA) is 106 Å². The van der Waals surface area contributed by atoms with Crippen molar-refractivity contribution in [3.63, 3.8) is 0 Å². The highest BCUT2D eigenvalue weighted by Crippen LogP contribution is 2.25. The number of ether oxygens (including phenoxy) is 1. The first kappa shape index (κ1) is 13.4. The van der Waals surface area contributed by atoms with Crippen molar-refractivity contribution in [3.05, 3.63) is 11.2 Å². The minimum absolute atomic E-state index is 0.271. The number of nitrogens with zero attached hydrogens (tertiary/aromatic N) is 1. The number of hydrogen-bond acceptors (Lipinski definition) is 6. The Morgan fingerprint density at radius 2 is 2.39 bits per heavy atom. The van der Waals surface area contributed by atoms with E-state index < -0.39 is 27.2 Å². The molecule has 1 fully saturated rings. The molecular formula is C9H12N2O5S2. The molecule has 2 rings (SSSR count). The molecule has 1 saturated heterocycles. The molecule has 1 aliphatic heterocycles. The number of aromatic carboxylic acids is 1. The number of hydrogen-bond donors (Lipinski definition) is 2. The third-order valence-electron chi connectivity index (χ3n) is 2.58. The van der Waals surface area contributed by atoms with E-state index in [1.165, 1.54) is 5.51 Å². The molecule has 2 heterocycles. The van der Waals surface area contributed by atoms with Crippen LogP contribution in [-0.4, -0.2) is 43.2 Å². The van der Waals surface area contributed by atoms with Gasteiger partial charge in [-0.25, -0.2) is 22.9 Å². The minimum atomic E-state index is -3.89. The molecule has 1 unspecified atom stereocenters. The normalized spacial score (nSPS) is 24.3. The number of nitrogens with one attached hydrogen (secondary N) is 1. The third kappa shape index (κ3) is 2.53. The fourth-order valence-corrected chi connectivity index (χ4v) is 4.25. The second kappa shape index (κ2) is 4.57. The Morgan fingerprint density at radius 1 is 1.67 bits per heavy atom. The van der Waals surface area contributed by atoms with Crippen molar-refractivity contribution < 1.29 is 23.1 Å². The molecule has 0 spiro atoms. The van der Waals surface area contributed by atoms with E-state index >= 15 is 0 Å². The van der Waals surface area contributed by atoms with Gasteiger partial charge in [-0.05, 0) is 13.3 Å². The number of thiazole rings is 1. The Balaban J connectivity index is 2.31. The minimum Gasteiger partial charge on any atom is -0.476 e. The monoisotopic (exact) mass is 292 g/mol. The van der Waals surface area contributed by atoms with Gasteiger partial charge in [-0.1, -0.05) is 0 Å². The van der Waals surface area contributed by atoms with E-state index in [0.717, 1.165) is 11.3 Å². The van der Waals surface area contributed by atoms with Crippen molar-refractivity contribution in [3.8, 4) is 0 Å². The molecular weight excluding hydrogens is 280 g/mol. The molecule has 0 saturated carbocycles. The predicted octanol–water partition coefficient (Wildman–Crippen LogP) is 0.299. The second-order valence-electron chi connectivity index (χ2n) is 4.26. The zero-order valence-electron chi connectivity index (χ0n) is 9.54. The summed E-state index contributed by atoms with van der Waals surface area (Å²) < 4.78 is 31.6. The first-order valence-electron chi connectivity index (χ1n) is 5.13. The highest BCUT2D eigenvalue weighted by atomic mass is 32.2. The molecule has 0 aromatic carbocycles. The molecule has 100 valence electrons. The van der Waals surface area contributed by atoms with Crippen LogP contribution in [0.2, 0.25) is 0 Å². The van der Waals surface area contributed by atoms with Crippen LogP contribution in [0.3, 0.4) is 0 Å². The van der Waals surface area contributed by atoms with Crippen molar-refractivity contribution in [1.82, 2.24) is 9.71 Å². The first-order valence-corrected chi connectivity index (χ1v) is 7.49. The Kier molecular flexibility index (Phi) is 3.41. The number of sulfonamides is 1. The zero-order valence-corrected chi connectivity index (χ0v) is 11.2. The van der Waals surface area contributed by atoms with E-state index in [-0.39, 0.29) is 10.8 Å². The summed E-state index contributed by atoms with van der Waals surface area (Å²) in [5.74, 6) is -1.36. The lowest BCUT2D eigenvalue weighted by Crippen LogP contribution is -2.46. The number of aromatic nitrogens is 1. The molecule has 1 aromatic rings. The smallest absolute Gasteiger partial charge is 0.356 e. The van der Waals surface area contributed by atoms with Gasteiger partial charge in [-0.15, -0.1) is 11.3 Å². The molecule has 1 atom stereocenters. The number of carbonyl (C=O) groups is 1. The molecule has 0 aliphatic carbocycles. The van der Waals surface area contributed by atoms with Crippen molar-refractivity contribution in [1.29, 1.82) is 0 Å². The lowest BCUT2D eigenvalue weighted by molar-refractivity contribution is 0.0687. The molecule has 7 nitrogen and oxygen atoms in total. The molecule has 2 N–H and O–H groups in total. The maximum Gasteiger partial charge on any atom is 0.356 e. The lowest BCUT2D eigenvalue weighted by Gasteiger charge is -2.22. The zero-order chi connectivity index (χ0) is 13.4. The summed E-state index contributed by atoms with van der Waals surface area (Å²) in [4.78, 5) is 14.4. The van der Waals surface area contributed by atoms with Crippen LogP contribution in [0.25, 0.3) is 0 Å². The van der Waals surface area contributed by atoms with E-state index in [1.54, 1.807) is 6.92 Å². The van der Waals surface area contributed by atoms with Gasteiger partial charge in [0, 0.05) is 6.61 Å². The van der Waals surface area contributed by atoms with Gasteiger partial charge in [-0.2, -0.15) is 0 Å². The lowest BCUT2D eigenvalue weighted by atomic mass is 10.0. The van der Waals surface area contributed by atoms with Gasteiger partial charge < -0.3 is 9.84 Å². The average Bonchev–Trinajstić information content (AvgIpc) is 2.85. The quantitative estimate of drug-likeness (QED) is 0.826. The third-order valence-corrected chi connectivity index (χ3v) is 5.59. The molecule has 0 bridgehead atoms. The molecule has 1 aliphatic rings. The second-order valence-corrected chi connectivity index (χ2v) is 6.99. The molecule has 18 heavy (non-hydrogen) atoms. The van der Waals surface area contributed by atoms with Crippen LogP contribution >= 0.6 is 11.3 Å². The molecule has 1 aromatic heterocycles. The Hall–Kier alpha value is -1.03. The maximum absolute atomic E-state index is 12.1. The Bertz CT molecular complexity index is 559. The Labute approximate surface area is 108 Å². The average molecular weight is 292 g/mol. The summed E-state index contributed by atoms with van der Waals surface area (Å²) in [6, 6.07) is 0. The van der Waals surface area contributed by atoms with Crippen LogP contribution in [0, 0.1) is 0 Å². The van der Waals surface area contributed by atoms with Crippen molar-refractivity contribution in [2.24, 2.45) is 0 Å². The standard InChI is InChI=1S/C9H12N2O5S2/c1-9(2-3-16-4-9)11-18(14,15)8-6(7(12)13)10-5-17-8/h5,11H,2-4H2,1H3,(H,12,13). The van der Waals surface area contributed by atoms with Gasteiger partial charge >= 0.3 is 5.97 Å². The van der Waals surface area contributed by atoms with Gasteiger partial charge in [0.25, 0.3) is 10.0 Å². The summed E-state index contributed by atoms with van der Waals surface area (Å²) in [7, 11) is -3.89. The van der Waals surface area contributed by atoms with E-state index in [0.29, 0.717) is 13.0 Å². The predicted molar refractivity (Wildman–Crippen MR) is 63.2 cm³/mol. The molecule has 0 radical (unpaired) electrons. The molecule has 9 heteroatoms. The van der Waals surface area contributed by atoms with Crippen molar-refractivity contribution >= 4 is 27.3 Å². The van der Waals surface area contributed by atoms with Crippen LogP contribution in [0.4, 0.5) is 0 Å². The largest absolute Gasteiger partial charge is 0.476 e. The molecule has 0 amide bonds. The number of carboxylic acid groups (broad SMARTS) is 1. The summed E-state index contributed by atoms with van der Waals surface area (Å²) in [6.07, 6.45) is 0.549. The van der Waals surface area contributed by atoms with E-state index in [9.17, 15) is 13.2 Å². The Morgan fingerprint density at radius 3 is 2.94 bits per heavy atom. The van der Waals surface area contributed by atoms with Crippen LogP contribution in [0.15, 0.2) is 9.72 Å². The van der Waals surface area contributed by atoms with Gasteiger partial charge in [0.15, 0.2) is 9.90 Å².